The van der Waals surface area contributed by atoms with Gasteiger partial charge < -0.3 is 14.6 Å². The van der Waals surface area contributed by atoms with E-state index in [4.69, 9.17) is 4.42 Å². The van der Waals surface area contributed by atoms with Crippen LogP contribution in [-0.2, 0) is 4.79 Å². The van der Waals surface area contributed by atoms with Crippen LogP contribution in [0.5, 0.6) is 0 Å². The molecule has 0 radical (unpaired) electrons. The molecule has 1 saturated heterocycles. The normalized spacial score (nSPS) is 22.5. The molecular formula is C14H17F3N2O3. The topological polar surface area (TPSA) is 62.6 Å². The largest absolute Gasteiger partial charge is 0.469 e. The predicted octanol–water partition coefficient (Wildman–Crippen LogP) is 2.26. The number of halogens is 3. The lowest BCUT2D eigenvalue weighted by Gasteiger charge is -2.40. The van der Waals surface area contributed by atoms with Crippen molar-refractivity contribution >= 4 is 11.8 Å². The van der Waals surface area contributed by atoms with Crippen molar-refractivity contribution in [2.75, 3.05) is 6.54 Å². The quantitative estimate of drug-likeness (QED) is 0.910. The van der Waals surface area contributed by atoms with Crippen LogP contribution in [0.15, 0.2) is 16.7 Å². The second-order valence-corrected chi connectivity index (χ2v) is 5.38. The smallest absolute Gasteiger partial charge is 0.408 e. The molecule has 0 spiro atoms. The lowest BCUT2D eigenvalue weighted by atomic mass is 9.96. The van der Waals surface area contributed by atoms with Crippen LogP contribution in [0, 0.1) is 6.92 Å². The summed E-state index contributed by atoms with van der Waals surface area (Å²) in [6.07, 6.45) is -3.30. The van der Waals surface area contributed by atoms with Crippen molar-refractivity contribution in [3.8, 4) is 0 Å². The Hall–Kier alpha value is -1.99. The van der Waals surface area contributed by atoms with E-state index in [-0.39, 0.29) is 36.6 Å². The number of carbonyl (C=O) groups is 2. The molecule has 5 nitrogen and oxygen atoms in total. The molecule has 22 heavy (non-hydrogen) atoms. The Morgan fingerprint density at radius 1 is 1.36 bits per heavy atom. The van der Waals surface area contributed by atoms with E-state index in [2.05, 4.69) is 5.32 Å². The number of amides is 2. The van der Waals surface area contributed by atoms with Gasteiger partial charge >= 0.3 is 6.18 Å². The molecule has 1 aliphatic rings. The highest BCUT2D eigenvalue weighted by atomic mass is 19.4. The Bertz CT molecular complexity index is 568. The number of alkyl halides is 3. The number of nitrogens with zero attached hydrogens (tertiary/aromatic N) is 1. The van der Waals surface area contributed by atoms with Crippen LogP contribution >= 0.6 is 0 Å². The van der Waals surface area contributed by atoms with Crippen LogP contribution in [-0.4, -0.2) is 41.5 Å². The molecule has 1 aliphatic heterocycles. The van der Waals surface area contributed by atoms with Crippen LogP contribution in [0.4, 0.5) is 13.2 Å². The zero-order chi connectivity index (χ0) is 16.5. The van der Waals surface area contributed by atoms with Crippen molar-refractivity contribution in [2.45, 2.75) is 44.9 Å². The minimum Gasteiger partial charge on any atom is -0.469 e. The zero-order valence-corrected chi connectivity index (χ0v) is 12.2. The molecule has 2 atom stereocenters. The lowest BCUT2D eigenvalue weighted by molar-refractivity contribution is -0.184. The van der Waals surface area contributed by atoms with Gasteiger partial charge in [0.2, 0.25) is 5.91 Å². The summed E-state index contributed by atoms with van der Waals surface area (Å²) >= 11 is 0. The number of aryl methyl sites for hydroxylation is 1. The van der Waals surface area contributed by atoms with Gasteiger partial charge in [-0.15, -0.1) is 0 Å². The van der Waals surface area contributed by atoms with Gasteiger partial charge in [-0.05, 0) is 25.8 Å². The van der Waals surface area contributed by atoms with Crippen LogP contribution < -0.4 is 5.32 Å². The standard InChI is InChI=1S/C14H17F3N2O3/c1-8-11(5-6-22-8)13(21)19-7-10(18-9(2)20)3-4-12(19)14(15,16)17/h5-6,10,12H,3-4,7H2,1-2H3,(H,18,20)/t10-,12-/m1/s1. The van der Waals surface area contributed by atoms with Crippen molar-refractivity contribution < 1.29 is 27.2 Å². The fraction of sp³-hybridized carbons (Fsp3) is 0.571. The first kappa shape index (κ1) is 16.4. The zero-order valence-electron chi connectivity index (χ0n) is 12.2. The Morgan fingerprint density at radius 2 is 2.05 bits per heavy atom. The average molecular weight is 318 g/mol. The summed E-state index contributed by atoms with van der Waals surface area (Å²) in [6.45, 7) is 2.64. The summed E-state index contributed by atoms with van der Waals surface area (Å²) in [4.78, 5) is 24.3. The van der Waals surface area contributed by atoms with E-state index in [9.17, 15) is 22.8 Å². The van der Waals surface area contributed by atoms with E-state index in [1.807, 2.05) is 0 Å². The highest BCUT2D eigenvalue weighted by Crippen LogP contribution is 2.33. The number of piperidine rings is 1. The molecule has 0 unspecified atom stereocenters. The first-order valence-electron chi connectivity index (χ1n) is 6.89. The number of furan rings is 1. The fourth-order valence-corrected chi connectivity index (χ4v) is 2.70. The highest BCUT2D eigenvalue weighted by molar-refractivity contribution is 5.95. The van der Waals surface area contributed by atoms with Gasteiger partial charge in [-0.25, -0.2) is 0 Å². The van der Waals surface area contributed by atoms with Crippen molar-refractivity contribution in [3.05, 3.63) is 23.7 Å². The van der Waals surface area contributed by atoms with Gasteiger partial charge in [-0.2, -0.15) is 13.2 Å². The van der Waals surface area contributed by atoms with Crippen LogP contribution in [0.25, 0.3) is 0 Å². The van der Waals surface area contributed by atoms with Gasteiger partial charge in [-0.1, -0.05) is 0 Å². The average Bonchev–Trinajstić information content (AvgIpc) is 2.82. The Balaban J connectivity index is 2.25. The summed E-state index contributed by atoms with van der Waals surface area (Å²) in [5.74, 6) is -0.793. The molecule has 1 N–H and O–H groups in total. The molecule has 122 valence electrons. The van der Waals surface area contributed by atoms with Gasteiger partial charge in [0.05, 0.1) is 11.8 Å². The molecule has 2 heterocycles. The van der Waals surface area contributed by atoms with Crippen molar-refractivity contribution in [3.63, 3.8) is 0 Å². The van der Waals surface area contributed by atoms with Crippen molar-refractivity contribution in [1.82, 2.24) is 10.2 Å². The van der Waals surface area contributed by atoms with Crippen molar-refractivity contribution in [1.29, 1.82) is 0 Å². The third-order valence-electron chi connectivity index (χ3n) is 3.72. The van der Waals surface area contributed by atoms with E-state index < -0.39 is 24.2 Å². The van der Waals surface area contributed by atoms with Gasteiger partial charge in [0.1, 0.15) is 11.8 Å². The van der Waals surface area contributed by atoms with Gasteiger partial charge in [0, 0.05) is 19.5 Å². The van der Waals surface area contributed by atoms with Crippen LogP contribution in [0.3, 0.4) is 0 Å². The molecule has 1 aromatic heterocycles. The fourth-order valence-electron chi connectivity index (χ4n) is 2.70. The highest BCUT2D eigenvalue weighted by Gasteiger charge is 2.48. The summed E-state index contributed by atoms with van der Waals surface area (Å²) < 4.78 is 44.5. The van der Waals surface area contributed by atoms with E-state index in [1.54, 1.807) is 0 Å². The number of carbonyl (C=O) groups excluding carboxylic acids is 2. The van der Waals surface area contributed by atoms with Gasteiger partial charge in [0.25, 0.3) is 5.91 Å². The lowest BCUT2D eigenvalue weighted by Crippen LogP contribution is -2.58. The number of nitrogens with one attached hydrogen (secondary N) is 1. The SMILES string of the molecule is CC(=O)N[C@@H]1CC[C@H](C(F)(F)F)N(C(=O)c2ccoc2C)C1. The maximum atomic E-state index is 13.2. The first-order chi connectivity index (χ1) is 10.2. The Morgan fingerprint density at radius 3 is 2.55 bits per heavy atom. The number of rotatable bonds is 2. The molecule has 2 rings (SSSR count). The number of likely N-dealkylation sites (tertiary alicyclic amines) is 1. The molecule has 0 saturated carbocycles. The van der Waals surface area contributed by atoms with Crippen molar-refractivity contribution in [2.24, 2.45) is 0 Å². The molecule has 8 heteroatoms. The third-order valence-corrected chi connectivity index (χ3v) is 3.72. The predicted molar refractivity (Wildman–Crippen MR) is 71.2 cm³/mol. The molecule has 0 aliphatic carbocycles. The number of hydrogen-bond acceptors (Lipinski definition) is 3. The number of hydrogen-bond donors (Lipinski definition) is 1. The second kappa shape index (κ2) is 6.02. The van der Waals surface area contributed by atoms with Crippen LogP contribution in [0.1, 0.15) is 35.9 Å². The molecule has 1 fully saturated rings. The Kier molecular flexibility index (Phi) is 4.48. The maximum absolute atomic E-state index is 13.2. The maximum Gasteiger partial charge on any atom is 0.408 e. The minimum atomic E-state index is -4.51. The van der Waals surface area contributed by atoms with E-state index in [0.717, 1.165) is 4.90 Å². The third kappa shape index (κ3) is 3.42. The molecule has 2 amide bonds. The minimum absolute atomic E-state index is 0.109. The van der Waals surface area contributed by atoms with Gasteiger partial charge in [-0.3, -0.25) is 9.59 Å². The van der Waals surface area contributed by atoms with E-state index in [0.29, 0.717) is 0 Å². The molecule has 1 aromatic rings. The van der Waals surface area contributed by atoms with E-state index in [1.165, 1.54) is 26.2 Å². The summed E-state index contributed by atoms with van der Waals surface area (Å²) in [5.41, 5.74) is 0.109. The summed E-state index contributed by atoms with van der Waals surface area (Å²) in [5, 5.41) is 2.57. The Labute approximate surface area is 125 Å². The molecule has 0 aromatic carbocycles. The second-order valence-electron chi connectivity index (χ2n) is 5.38. The summed E-state index contributed by atoms with van der Waals surface area (Å²) in [6, 6.07) is -0.973. The molecule has 0 bridgehead atoms. The van der Waals surface area contributed by atoms with Gasteiger partial charge in [0.15, 0.2) is 0 Å². The summed E-state index contributed by atoms with van der Waals surface area (Å²) in [7, 11) is 0. The van der Waals surface area contributed by atoms with E-state index >= 15 is 0 Å². The monoisotopic (exact) mass is 318 g/mol. The first-order valence-corrected chi connectivity index (χ1v) is 6.89. The molecular weight excluding hydrogens is 301 g/mol. The van der Waals surface area contributed by atoms with Crippen LogP contribution in [0.2, 0.25) is 0 Å².